The molecule has 20 heavy (non-hydrogen) atoms. The van der Waals surface area contributed by atoms with Crippen molar-refractivity contribution < 1.29 is 12.9 Å². The molecule has 0 saturated heterocycles. The van der Waals surface area contributed by atoms with Crippen molar-refractivity contribution in [2.75, 3.05) is 16.3 Å². The van der Waals surface area contributed by atoms with Gasteiger partial charge in [-0.1, -0.05) is 17.3 Å². The molecule has 0 unspecified atom stereocenters. The molecule has 0 amide bonds. The van der Waals surface area contributed by atoms with E-state index in [0.717, 1.165) is 23.3 Å². The van der Waals surface area contributed by atoms with Crippen LogP contribution in [0, 0.1) is 13.8 Å². The first-order chi connectivity index (χ1) is 9.37. The summed E-state index contributed by atoms with van der Waals surface area (Å²) in [5, 5.41) is 7.08. The van der Waals surface area contributed by atoms with Gasteiger partial charge in [0.1, 0.15) is 5.76 Å². The molecular weight excluding hydrogens is 278 g/mol. The third kappa shape index (κ3) is 3.51. The predicted molar refractivity (Wildman–Crippen MR) is 78.2 cm³/mol. The fourth-order valence-electron chi connectivity index (χ4n) is 1.86. The van der Waals surface area contributed by atoms with Gasteiger partial charge in [0.05, 0.1) is 23.3 Å². The van der Waals surface area contributed by atoms with Gasteiger partial charge in [0.15, 0.2) is 0 Å². The Labute approximate surface area is 118 Å². The van der Waals surface area contributed by atoms with Crippen LogP contribution in [0.3, 0.4) is 0 Å². The van der Waals surface area contributed by atoms with Gasteiger partial charge in [0.25, 0.3) is 0 Å². The molecule has 1 heterocycles. The fraction of sp³-hybridized carbons (Fsp3) is 0.308. The van der Waals surface area contributed by atoms with E-state index in [1.54, 1.807) is 12.1 Å². The molecule has 0 radical (unpaired) electrons. The second kappa shape index (κ2) is 5.54. The summed E-state index contributed by atoms with van der Waals surface area (Å²) in [5.41, 5.74) is 3.02. The van der Waals surface area contributed by atoms with Gasteiger partial charge in [-0.25, -0.2) is 8.42 Å². The van der Waals surface area contributed by atoms with E-state index in [1.807, 2.05) is 26.0 Å². The van der Waals surface area contributed by atoms with E-state index in [9.17, 15) is 8.42 Å². The van der Waals surface area contributed by atoms with E-state index in [-0.39, 0.29) is 0 Å². The number of para-hydroxylation sites is 2. The lowest BCUT2D eigenvalue weighted by Crippen LogP contribution is -2.12. The van der Waals surface area contributed by atoms with Crippen LogP contribution in [0.5, 0.6) is 0 Å². The second-order valence-corrected chi connectivity index (χ2v) is 6.32. The highest BCUT2D eigenvalue weighted by Gasteiger charge is 2.10. The Balaban J connectivity index is 2.18. The summed E-state index contributed by atoms with van der Waals surface area (Å²) in [6, 6.07) is 7.13. The third-order valence-corrected chi connectivity index (χ3v) is 3.45. The van der Waals surface area contributed by atoms with Crippen molar-refractivity contribution in [3.05, 3.63) is 41.3 Å². The molecular formula is C13H17N3O3S. The Morgan fingerprint density at radius 2 is 1.85 bits per heavy atom. The standard InChI is InChI=1S/C13H17N3O3S/c1-9-11(10(2)19-15-9)8-14-12-6-4-5-7-13(12)16-20(3,17)18/h4-7,14,16H,8H2,1-3H3. The van der Waals surface area contributed by atoms with Crippen molar-refractivity contribution in [2.45, 2.75) is 20.4 Å². The molecule has 0 atom stereocenters. The van der Waals surface area contributed by atoms with Gasteiger partial charge < -0.3 is 9.84 Å². The first-order valence-electron chi connectivity index (χ1n) is 6.09. The Kier molecular flexibility index (Phi) is 3.99. The van der Waals surface area contributed by atoms with Crippen LogP contribution in [0.4, 0.5) is 11.4 Å². The average molecular weight is 295 g/mol. The number of benzene rings is 1. The minimum atomic E-state index is -3.31. The Morgan fingerprint density at radius 3 is 2.40 bits per heavy atom. The lowest BCUT2D eigenvalue weighted by atomic mass is 10.2. The first kappa shape index (κ1) is 14.4. The summed E-state index contributed by atoms with van der Waals surface area (Å²) < 4.78 is 30.2. The predicted octanol–water partition coefficient (Wildman–Crippen LogP) is 2.28. The molecule has 0 spiro atoms. The zero-order chi connectivity index (χ0) is 14.8. The van der Waals surface area contributed by atoms with Crippen LogP contribution in [-0.2, 0) is 16.6 Å². The number of aryl methyl sites for hydroxylation is 2. The van der Waals surface area contributed by atoms with Crippen molar-refractivity contribution >= 4 is 21.4 Å². The van der Waals surface area contributed by atoms with Crippen LogP contribution < -0.4 is 10.0 Å². The lowest BCUT2D eigenvalue weighted by molar-refractivity contribution is 0.392. The van der Waals surface area contributed by atoms with Gasteiger partial charge in [-0.2, -0.15) is 0 Å². The van der Waals surface area contributed by atoms with Crippen molar-refractivity contribution in [3.63, 3.8) is 0 Å². The quantitative estimate of drug-likeness (QED) is 0.884. The molecule has 0 aliphatic heterocycles. The summed E-state index contributed by atoms with van der Waals surface area (Å²) in [7, 11) is -3.31. The molecule has 0 saturated carbocycles. The minimum Gasteiger partial charge on any atom is -0.379 e. The Bertz CT molecular complexity index is 688. The number of anilines is 2. The highest BCUT2D eigenvalue weighted by Crippen LogP contribution is 2.23. The van der Waals surface area contributed by atoms with E-state index >= 15 is 0 Å². The number of hydrogen-bond donors (Lipinski definition) is 2. The summed E-state index contributed by atoms with van der Waals surface area (Å²) in [5.74, 6) is 0.753. The van der Waals surface area contributed by atoms with Crippen molar-refractivity contribution in [1.29, 1.82) is 0 Å². The summed E-state index contributed by atoms with van der Waals surface area (Å²) in [4.78, 5) is 0. The van der Waals surface area contributed by atoms with Crippen LogP contribution in [0.2, 0.25) is 0 Å². The number of sulfonamides is 1. The Morgan fingerprint density at radius 1 is 1.20 bits per heavy atom. The highest BCUT2D eigenvalue weighted by molar-refractivity contribution is 7.92. The molecule has 0 fully saturated rings. The average Bonchev–Trinajstić information content (AvgIpc) is 2.66. The van der Waals surface area contributed by atoms with E-state index in [1.165, 1.54) is 0 Å². The summed E-state index contributed by atoms with van der Waals surface area (Å²) >= 11 is 0. The van der Waals surface area contributed by atoms with Gasteiger partial charge >= 0.3 is 0 Å². The van der Waals surface area contributed by atoms with Gasteiger partial charge in [-0.15, -0.1) is 0 Å². The molecule has 0 aliphatic carbocycles. The maximum absolute atomic E-state index is 11.3. The number of aromatic nitrogens is 1. The summed E-state index contributed by atoms with van der Waals surface area (Å²) in [6.45, 7) is 4.23. The van der Waals surface area contributed by atoms with Crippen molar-refractivity contribution in [2.24, 2.45) is 0 Å². The zero-order valence-electron chi connectivity index (χ0n) is 11.6. The highest BCUT2D eigenvalue weighted by atomic mass is 32.2. The number of hydrogen-bond acceptors (Lipinski definition) is 5. The summed E-state index contributed by atoms with van der Waals surface area (Å²) in [6.07, 6.45) is 1.12. The molecule has 7 heteroatoms. The van der Waals surface area contributed by atoms with Crippen LogP contribution in [0.15, 0.2) is 28.8 Å². The number of nitrogens with one attached hydrogen (secondary N) is 2. The van der Waals surface area contributed by atoms with Crippen molar-refractivity contribution in [3.8, 4) is 0 Å². The van der Waals surface area contributed by atoms with E-state index in [0.29, 0.717) is 17.9 Å². The van der Waals surface area contributed by atoms with Gasteiger partial charge in [0.2, 0.25) is 10.0 Å². The van der Waals surface area contributed by atoms with E-state index in [4.69, 9.17) is 4.52 Å². The second-order valence-electron chi connectivity index (χ2n) is 4.58. The van der Waals surface area contributed by atoms with Crippen LogP contribution in [0.1, 0.15) is 17.0 Å². The van der Waals surface area contributed by atoms with E-state index < -0.39 is 10.0 Å². The van der Waals surface area contributed by atoms with Gasteiger partial charge in [-0.05, 0) is 26.0 Å². The van der Waals surface area contributed by atoms with Gasteiger partial charge in [0, 0.05) is 12.1 Å². The van der Waals surface area contributed by atoms with Crippen LogP contribution in [0.25, 0.3) is 0 Å². The zero-order valence-corrected chi connectivity index (χ0v) is 12.4. The van der Waals surface area contributed by atoms with Crippen LogP contribution >= 0.6 is 0 Å². The van der Waals surface area contributed by atoms with E-state index in [2.05, 4.69) is 15.2 Å². The normalized spacial score (nSPS) is 11.3. The molecule has 2 rings (SSSR count). The van der Waals surface area contributed by atoms with Gasteiger partial charge in [-0.3, -0.25) is 4.72 Å². The van der Waals surface area contributed by atoms with Crippen LogP contribution in [-0.4, -0.2) is 19.8 Å². The molecule has 6 nitrogen and oxygen atoms in total. The maximum Gasteiger partial charge on any atom is 0.229 e. The fourth-order valence-corrected chi connectivity index (χ4v) is 2.44. The monoisotopic (exact) mass is 295 g/mol. The number of nitrogens with zero attached hydrogens (tertiary/aromatic N) is 1. The first-order valence-corrected chi connectivity index (χ1v) is 7.98. The minimum absolute atomic E-state index is 0.516. The largest absolute Gasteiger partial charge is 0.379 e. The lowest BCUT2D eigenvalue weighted by Gasteiger charge is -2.12. The number of rotatable bonds is 5. The maximum atomic E-state index is 11.3. The molecule has 2 N–H and O–H groups in total. The molecule has 1 aromatic heterocycles. The molecule has 108 valence electrons. The Hall–Kier alpha value is -2.02. The SMILES string of the molecule is Cc1noc(C)c1CNc1ccccc1NS(C)(=O)=O. The third-order valence-electron chi connectivity index (χ3n) is 2.86. The molecule has 0 aliphatic rings. The smallest absolute Gasteiger partial charge is 0.229 e. The van der Waals surface area contributed by atoms with Crippen molar-refractivity contribution in [1.82, 2.24) is 5.16 Å². The molecule has 0 bridgehead atoms. The topological polar surface area (TPSA) is 84.2 Å². The molecule has 1 aromatic carbocycles. The molecule has 2 aromatic rings.